The van der Waals surface area contributed by atoms with Crippen molar-refractivity contribution in [3.05, 3.63) is 81.1 Å². The molecule has 6 nitrogen and oxygen atoms in total. The fraction of sp³-hybridized carbons (Fsp3) is 0.357. The summed E-state index contributed by atoms with van der Waals surface area (Å²) in [7, 11) is 1.60. The molecule has 0 amide bonds. The number of halogens is 1. The Balaban J connectivity index is 1.63. The summed E-state index contributed by atoms with van der Waals surface area (Å²) < 4.78 is 17.4. The molecule has 0 bridgehead atoms. The standard InChI is InChI=1S/C28H30BrNO5/c1-17-24(27(32)35-13-12-34-19-8-6-5-7-9-19)25(18-10-11-23(33-4)20(29)14-18)26-21(30-17)15-28(2,3)16-22(26)31/h5-11,14,25,30H,12-13,15-16H2,1-4H3/t25-/m0/s1. The Labute approximate surface area is 214 Å². The zero-order chi connectivity index (χ0) is 25.2. The van der Waals surface area contributed by atoms with Gasteiger partial charge < -0.3 is 19.5 Å². The molecule has 1 N–H and O–H groups in total. The fourth-order valence-electron chi connectivity index (χ4n) is 4.79. The summed E-state index contributed by atoms with van der Waals surface area (Å²) in [4.78, 5) is 26.8. The Kier molecular flexibility index (Phi) is 7.36. The normalized spacial score (nSPS) is 19.1. The minimum atomic E-state index is -0.528. The highest BCUT2D eigenvalue weighted by Crippen LogP contribution is 2.47. The first-order valence-corrected chi connectivity index (χ1v) is 12.4. The van der Waals surface area contributed by atoms with Gasteiger partial charge in [0.05, 0.1) is 17.2 Å². The number of para-hydroxylation sites is 1. The molecule has 35 heavy (non-hydrogen) atoms. The molecule has 1 heterocycles. The van der Waals surface area contributed by atoms with Crippen LogP contribution in [0.3, 0.4) is 0 Å². The Morgan fingerprint density at radius 3 is 2.54 bits per heavy atom. The number of hydrogen-bond acceptors (Lipinski definition) is 6. The van der Waals surface area contributed by atoms with E-state index >= 15 is 0 Å². The smallest absolute Gasteiger partial charge is 0.336 e. The average Bonchev–Trinajstić information content (AvgIpc) is 2.80. The van der Waals surface area contributed by atoms with E-state index in [1.807, 2.05) is 55.5 Å². The summed E-state index contributed by atoms with van der Waals surface area (Å²) in [5.41, 5.74) is 3.32. The molecule has 1 aliphatic carbocycles. The van der Waals surface area contributed by atoms with Gasteiger partial charge in [0.1, 0.15) is 24.7 Å². The van der Waals surface area contributed by atoms with Gasteiger partial charge in [-0.15, -0.1) is 0 Å². The number of carbonyl (C=O) groups is 2. The molecular formula is C28H30BrNO5. The number of benzene rings is 2. The number of carbonyl (C=O) groups excluding carboxylic acids is 2. The molecule has 7 heteroatoms. The molecule has 1 aliphatic heterocycles. The summed E-state index contributed by atoms with van der Waals surface area (Å²) in [6, 6.07) is 15.0. The van der Waals surface area contributed by atoms with E-state index < -0.39 is 11.9 Å². The van der Waals surface area contributed by atoms with Gasteiger partial charge in [0.2, 0.25) is 0 Å². The van der Waals surface area contributed by atoms with Crippen molar-refractivity contribution in [3.8, 4) is 11.5 Å². The highest BCUT2D eigenvalue weighted by Gasteiger charge is 2.43. The average molecular weight is 540 g/mol. The Bertz CT molecular complexity index is 1200. The monoisotopic (exact) mass is 539 g/mol. The number of nitrogens with one attached hydrogen (secondary N) is 1. The molecule has 0 spiro atoms. The summed E-state index contributed by atoms with van der Waals surface area (Å²) >= 11 is 3.55. The third kappa shape index (κ3) is 5.45. The van der Waals surface area contributed by atoms with Gasteiger partial charge >= 0.3 is 5.97 Å². The van der Waals surface area contributed by atoms with E-state index in [1.165, 1.54) is 0 Å². The van der Waals surface area contributed by atoms with Crippen LogP contribution in [0.1, 0.15) is 45.1 Å². The van der Waals surface area contributed by atoms with Crippen molar-refractivity contribution in [1.82, 2.24) is 5.32 Å². The molecule has 1 atom stereocenters. The molecule has 2 aromatic rings. The number of methoxy groups -OCH3 is 1. The molecule has 2 aromatic carbocycles. The van der Waals surface area contributed by atoms with Crippen molar-refractivity contribution in [1.29, 1.82) is 0 Å². The number of Topliss-reactive ketones (excluding diaryl/α,β-unsaturated/α-hetero) is 1. The Morgan fingerprint density at radius 1 is 1.11 bits per heavy atom. The Hall–Kier alpha value is -3.06. The highest BCUT2D eigenvalue weighted by molar-refractivity contribution is 9.10. The van der Waals surface area contributed by atoms with Gasteiger partial charge in [-0.25, -0.2) is 4.79 Å². The first kappa shape index (κ1) is 25.0. The van der Waals surface area contributed by atoms with Gasteiger partial charge in [-0.05, 0) is 64.5 Å². The van der Waals surface area contributed by atoms with Crippen molar-refractivity contribution in [2.45, 2.75) is 39.5 Å². The van der Waals surface area contributed by atoms with Crippen LogP contribution in [-0.2, 0) is 14.3 Å². The van der Waals surface area contributed by atoms with Gasteiger partial charge in [0, 0.05) is 29.3 Å². The van der Waals surface area contributed by atoms with E-state index in [1.54, 1.807) is 7.11 Å². The maximum absolute atomic E-state index is 13.4. The van der Waals surface area contributed by atoms with Crippen molar-refractivity contribution in [2.24, 2.45) is 5.41 Å². The van der Waals surface area contributed by atoms with Crippen LogP contribution in [0.2, 0.25) is 0 Å². The second-order valence-electron chi connectivity index (χ2n) is 9.62. The van der Waals surface area contributed by atoms with Crippen LogP contribution in [0, 0.1) is 5.41 Å². The zero-order valence-electron chi connectivity index (χ0n) is 20.4. The predicted molar refractivity (Wildman–Crippen MR) is 137 cm³/mol. The van der Waals surface area contributed by atoms with E-state index in [2.05, 4.69) is 35.1 Å². The number of ether oxygens (including phenoxy) is 3. The Morgan fingerprint density at radius 2 is 1.86 bits per heavy atom. The van der Waals surface area contributed by atoms with Gasteiger partial charge in [0.15, 0.2) is 5.78 Å². The minimum Gasteiger partial charge on any atom is -0.496 e. The van der Waals surface area contributed by atoms with E-state index in [0.717, 1.165) is 22.2 Å². The van der Waals surface area contributed by atoms with E-state index in [4.69, 9.17) is 14.2 Å². The summed E-state index contributed by atoms with van der Waals surface area (Å²) in [5.74, 6) is 0.443. The molecule has 0 unspecified atom stereocenters. The van der Waals surface area contributed by atoms with E-state index in [0.29, 0.717) is 34.8 Å². The number of allylic oxidation sites excluding steroid dienone is 3. The number of hydrogen-bond donors (Lipinski definition) is 1. The maximum atomic E-state index is 13.4. The minimum absolute atomic E-state index is 0.0471. The van der Waals surface area contributed by atoms with Crippen LogP contribution in [0.25, 0.3) is 0 Å². The van der Waals surface area contributed by atoms with Gasteiger partial charge in [-0.2, -0.15) is 0 Å². The number of ketones is 1. The highest BCUT2D eigenvalue weighted by atomic mass is 79.9. The third-order valence-corrected chi connectivity index (χ3v) is 6.92. The van der Waals surface area contributed by atoms with Crippen LogP contribution in [-0.4, -0.2) is 32.1 Å². The van der Waals surface area contributed by atoms with Crippen LogP contribution < -0.4 is 14.8 Å². The van der Waals surface area contributed by atoms with Gasteiger partial charge in [0.25, 0.3) is 0 Å². The zero-order valence-corrected chi connectivity index (χ0v) is 22.0. The van der Waals surface area contributed by atoms with Crippen LogP contribution in [0.15, 0.2) is 75.5 Å². The molecule has 0 saturated carbocycles. The number of dihydropyridines is 1. The van der Waals surface area contributed by atoms with Gasteiger partial charge in [-0.1, -0.05) is 38.1 Å². The number of esters is 1. The van der Waals surface area contributed by atoms with Crippen molar-refractivity contribution < 1.29 is 23.8 Å². The summed E-state index contributed by atoms with van der Waals surface area (Å²) in [6.07, 6.45) is 1.15. The van der Waals surface area contributed by atoms with Crippen molar-refractivity contribution >= 4 is 27.7 Å². The lowest BCUT2D eigenvalue weighted by Gasteiger charge is -2.39. The molecular weight excluding hydrogens is 510 g/mol. The maximum Gasteiger partial charge on any atom is 0.336 e. The molecule has 0 saturated heterocycles. The molecule has 184 valence electrons. The largest absolute Gasteiger partial charge is 0.496 e. The lowest BCUT2D eigenvalue weighted by atomic mass is 9.68. The van der Waals surface area contributed by atoms with Crippen LogP contribution >= 0.6 is 15.9 Å². The summed E-state index contributed by atoms with van der Waals surface area (Å²) in [5, 5.41) is 3.36. The second-order valence-corrected chi connectivity index (χ2v) is 10.5. The summed E-state index contributed by atoms with van der Waals surface area (Å²) in [6.45, 7) is 6.36. The molecule has 0 fully saturated rings. The van der Waals surface area contributed by atoms with Crippen LogP contribution in [0.4, 0.5) is 0 Å². The van der Waals surface area contributed by atoms with Crippen LogP contribution in [0.5, 0.6) is 11.5 Å². The topological polar surface area (TPSA) is 73.9 Å². The van der Waals surface area contributed by atoms with Crippen molar-refractivity contribution in [3.63, 3.8) is 0 Å². The lowest BCUT2D eigenvalue weighted by molar-refractivity contribution is -0.140. The number of rotatable bonds is 7. The second kappa shape index (κ2) is 10.3. The van der Waals surface area contributed by atoms with Crippen molar-refractivity contribution in [2.75, 3.05) is 20.3 Å². The SMILES string of the molecule is COc1ccc([C@H]2C(C(=O)OCCOc3ccccc3)=C(C)NC3=C2C(=O)CC(C)(C)C3)cc1Br. The van der Waals surface area contributed by atoms with E-state index in [-0.39, 0.29) is 24.4 Å². The lowest BCUT2D eigenvalue weighted by Crippen LogP contribution is -2.38. The molecule has 4 rings (SSSR count). The molecule has 2 aliphatic rings. The molecule has 0 radical (unpaired) electrons. The fourth-order valence-corrected chi connectivity index (χ4v) is 5.35. The third-order valence-electron chi connectivity index (χ3n) is 6.30. The first-order valence-electron chi connectivity index (χ1n) is 11.6. The quantitative estimate of drug-likeness (QED) is 0.360. The van der Waals surface area contributed by atoms with E-state index in [9.17, 15) is 9.59 Å². The predicted octanol–water partition coefficient (Wildman–Crippen LogP) is 5.68. The van der Waals surface area contributed by atoms with Gasteiger partial charge in [-0.3, -0.25) is 4.79 Å². The molecule has 0 aromatic heterocycles. The first-order chi connectivity index (χ1) is 16.7.